The van der Waals surface area contributed by atoms with E-state index >= 15 is 0 Å². The lowest BCUT2D eigenvalue weighted by Crippen LogP contribution is -2.44. The van der Waals surface area contributed by atoms with Crippen molar-refractivity contribution in [1.82, 2.24) is 10.7 Å². The number of nitrogens with zero attached hydrogens (tertiary/aromatic N) is 3. The standard InChI is InChI=1S/C11H9IN4O4/c1-20-11(19)16-14-8(9(10(17)18)13-15-16)6-2-4-7(12)5-3-6/h2-5,15H,1H3,(H,17,18). The van der Waals surface area contributed by atoms with Gasteiger partial charge in [0.05, 0.1) is 7.11 Å². The van der Waals surface area contributed by atoms with Crippen molar-refractivity contribution in [2.45, 2.75) is 0 Å². The average molecular weight is 388 g/mol. The molecular weight excluding hydrogens is 379 g/mol. The highest BCUT2D eigenvalue weighted by Gasteiger charge is 2.27. The van der Waals surface area contributed by atoms with Crippen molar-refractivity contribution in [3.63, 3.8) is 0 Å². The van der Waals surface area contributed by atoms with Crippen LogP contribution in [0.15, 0.2) is 34.5 Å². The molecule has 1 heterocycles. The van der Waals surface area contributed by atoms with Crippen LogP contribution >= 0.6 is 22.6 Å². The molecule has 0 spiro atoms. The van der Waals surface area contributed by atoms with Gasteiger partial charge in [-0.3, -0.25) is 0 Å². The topological polar surface area (TPSA) is 104 Å². The SMILES string of the molecule is COC(=O)N1N=C(c2ccc(I)cc2)C(C(=O)O)=NN1. The number of methoxy groups -OCH3 is 1. The van der Waals surface area contributed by atoms with Crippen molar-refractivity contribution in [2.75, 3.05) is 7.11 Å². The molecule has 0 radical (unpaired) electrons. The largest absolute Gasteiger partial charge is 0.476 e. The van der Waals surface area contributed by atoms with Gasteiger partial charge in [0.15, 0.2) is 5.71 Å². The van der Waals surface area contributed by atoms with Crippen molar-refractivity contribution in [2.24, 2.45) is 10.2 Å². The molecule has 9 heteroatoms. The molecule has 0 unspecified atom stereocenters. The normalized spacial score (nSPS) is 14.0. The molecule has 0 saturated heterocycles. The smallest absolute Gasteiger partial charge is 0.451 e. The quantitative estimate of drug-likeness (QED) is 0.737. The van der Waals surface area contributed by atoms with Crippen molar-refractivity contribution < 1.29 is 19.4 Å². The molecule has 8 nitrogen and oxygen atoms in total. The van der Waals surface area contributed by atoms with Crippen molar-refractivity contribution in [1.29, 1.82) is 0 Å². The number of carbonyl (C=O) groups excluding carboxylic acids is 1. The molecule has 1 aliphatic heterocycles. The number of hydrogen-bond acceptors (Lipinski definition) is 6. The number of benzene rings is 1. The monoisotopic (exact) mass is 388 g/mol. The van der Waals surface area contributed by atoms with E-state index in [1.54, 1.807) is 24.3 Å². The molecule has 20 heavy (non-hydrogen) atoms. The minimum absolute atomic E-state index is 0.0676. The first kappa shape index (κ1) is 14.2. The molecule has 1 aromatic carbocycles. The number of ether oxygens (including phenoxy) is 1. The maximum absolute atomic E-state index is 11.4. The van der Waals surface area contributed by atoms with Gasteiger partial charge in [-0.2, -0.15) is 5.53 Å². The number of carboxylic acids is 1. The maximum atomic E-state index is 11.4. The first-order valence-corrected chi connectivity index (χ1v) is 6.40. The molecule has 1 amide bonds. The van der Waals surface area contributed by atoms with Crippen LogP contribution in [0.5, 0.6) is 0 Å². The van der Waals surface area contributed by atoms with Gasteiger partial charge in [0.1, 0.15) is 5.71 Å². The molecular formula is C11H9IN4O4. The summed E-state index contributed by atoms with van der Waals surface area (Å²) < 4.78 is 5.47. The Morgan fingerprint density at radius 3 is 2.55 bits per heavy atom. The predicted octanol–water partition coefficient (Wildman–Crippen LogP) is 1.02. The number of hydrazine groups is 1. The number of rotatable bonds is 2. The molecule has 0 fully saturated rings. The Morgan fingerprint density at radius 2 is 2.00 bits per heavy atom. The fraction of sp³-hybridized carbons (Fsp3) is 0.0909. The van der Waals surface area contributed by atoms with E-state index < -0.39 is 12.1 Å². The van der Waals surface area contributed by atoms with Gasteiger partial charge in [-0.1, -0.05) is 17.3 Å². The first-order valence-electron chi connectivity index (χ1n) is 5.32. The van der Waals surface area contributed by atoms with Gasteiger partial charge < -0.3 is 9.84 Å². The Labute approximate surface area is 127 Å². The van der Waals surface area contributed by atoms with Gasteiger partial charge >= 0.3 is 12.1 Å². The summed E-state index contributed by atoms with van der Waals surface area (Å²) in [5.41, 5.74) is 2.50. The second kappa shape index (κ2) is 5.86. The number of halogens is 1. The predicted molar refractivity (Wildman–Crippen MR) is 78.1 cm³/mol. The third-order valence-corrected chi connectivity index (χ3v) is 3.07. The molecule has 0 bridgehead atoms. The van der Waals surface area contributed by atoms with Gasteiger partial charge in [0.25, 0.3) is 0 Å². The van der Waals surface area contributed by atoms with Crippen LogP contribution in [0.3, 0.4) is 0 Å². The van der Waals surface area contributed by atoms with Crippen LogP contribution in [0.4, 0.5) is 4.79 Å². The molecule has 0 aromatic heterocycles. The third kappa shape index (κ3) is 2.87. The maximum Gasteiger partial charge on any atom is 0.451 e. The molecule has 0 aliphatic carbocycles. The molecule has 2 rings (SSSR count). The van der Waals surface area contributed by atoms with Gasteiger partial charge in [-0.05, 0) is 34.7 Å². The molecule has 104 valence electrons. The lowest BCUT2D eigenvalue weighted by Gasteiger charge is -2.20. The number of hydrazone groups is 2. The second-order valence-corrected chi connectivity index (χ2v) is 4.85. The Bertz CT molecular complexity index is 611. The van der Waals surface area contributed by atoms with Gasteiger partial charge in [-0.15, -0.1) is 10.2 Å². The molecule has 2 N–H and O–H groups in total. The number of aliphatic carboxylic acids is 1. The Morgan fingerprint density at radius 1 is 1.35 bits per heavy atom. The molecule has 1 aliphatic rings. The van der Waals surface area contributed by atoms with Crippen LogP contribution in [0.2, 0.25) is 0 Å². The molecule has 0 saturated carbocycles. The Balaban J connectivity index is 2.43. The number of hydrogen-bond donors (Lipinski definition) is 2. The lowest BCUT2D eigenvalue weighted by molar-refractivity contribution is -0.129. The van der Waals surface area contributed by atoms with Crippen molar-refractivity contribution >= 4 is 46.1 Å². The van der Waals surface area contributed by atoms with Crippen molar-refractivity contribution in [3.05, 3.63) is 33.4 Å². The van der Waals surface area contributed by atoms with E-state index in [1.165, 1.54) is 7.11 Å². The van der Waals surface area contributed by atoms with Crippen LogP contribution < -0.4 is 5.53 Å². The Hall–Kier alpha value is -2.17. The fourth-order valence-corrected chi connectivity index (χ4v) is 1.80. The van der Waals surface area contributed by atoms with E-state index in [9.17, 15) is 9.59 Å². The van der Waals surface area contributed by atoms with Crippen LogP contribution in [0.25, 0.3) is 0 Å². The first-order chi connectivity index (χ1) is 9.52. The van der Waals surface area contributed by atoms with E-state index in [-0.39, 0.29) is 11.4 Å². The van der Waals surface area contributed by atoms with E-state index in [1.807, 2.05) is 0 Å². The van der Waals surface area contributed by atoms with Gasteiger partial charge in [0, 0.05) is 9.13 Å². The van der Waals surface area contributed by atoms with Crippen LogP contribution in [0, 0.1) is 3.57 Å². The molecule has 0 atom stereocenters. The van der Waals surface area contributed by atoms with E-state index in [4.69, 9.17) is 5.11 Å². The van der Waals surface area contributed by atoms with E-state index in [0.29, 0.717) is 5.56 Å². The lowest BCUT2D eigenvalue weighted by atomic mass is 10.1. The zero-order valence-electron chi connectivity index (χ0n) is 10.2. The second-order valence-electron chi connectivity index (χ2n) is 3.60. The van der Waals surface area contributed by atoms with E-state index in [0.717, 1.165) is 8.69 Å². The van der Waals surface area contributed by atoms with Crippen molar-refractivity contribution in [3.8, 4) is 0 Å². The highest BCUT2D eigenvalue weighted by atomic mass is 127. The minimum Gasteiger partial charge on any atom is -0.476 e. The number of carboxylic acid groups (broad SMARTS) is 1. The summed E-state index contributed by atoms with van der Waals surface area (Å²) in [4.78, 5) is 22.6. The zero-order valence-corrected chi connectivity index (χ0v) is 12.4. The van der Waals surface area contributed by atoms with Gasteiger partial charge in [0.2, 0.25) is 0 Å². The summed E-state index contributed by atoms with van der Waals surface area (Å²) >= 11 is 2.12. The average Bonchev–Trinajstić information content (AvgIpc) is 2.46. The number of amides is 1. The highest BCUT2D eigenvalue weighted by Crippen LogP contribution is 2.12. The molecule has 1 aromatic rings. The van der Waals surface area contributed by atoms with Crippen LogP contribution in [0.1, 0.15) is 5.56 Å². The number of nitrogens with one attached hydrogen (secondary N) is 1. The highest BCUT2D eigenvalue weighted by molar-refractivity contribution is 14.1. The Kier molecular flexibility index (Phi) is 4.17. The van der Waals surface area contributed by atoms with E-state index in [2.05, 4.69) is 43.1 Å². The zero-order chi connectivity index (χ0) is 14.7. The summed E-state index contributed by atoms with van der Waals surface area (Å²) in [6.45, 7) is 0. The van der Waals surface area contributed by atoms with Crippen LogP contribution in [-0.2, 0) is 9.53 Å². The summed E-state index contributed by atoms with van der Waals surface area (Å²) in [5.74, 6) is -1.25. The van der Waals surface area contributed by atoms with Crippen LogP contribution in [-0.4, -0.2) is 40.8 Å². The summed E-state index contributed by atoms with van der Waals surface area (Å²) in [6.07, 6.45) is -0.804. The van der Waals surface area contributed by atoms with Gasteiger partial charge in [-0.25, -0.2) is 9.59 Å². The fourth-order valence-electron chi connectivity index (χ4n) is 1.44. The number of carbonyl (C=O) groups is 2. The third-order valence-electron chi connectivity index (χ3n) is 2.35. The summed E-state index contributed by atoms with van der Waals surface area (Å²) in [6, 6.07) is 6.98. The summed E-state index contributed by atoms with van der Waals surface area (Å²) in [7, 11) is 1.18. The minimum atomic E-state index is -1.25. The summed E-state index contributed by atoms with van der Waals surface area (Å²) in [5, 5.41) is 17.4.